The van der Waals surface area contributed by atoms with Crippen molar-refractivity contribution >= 4 is 23.2 Å². The van der Waals surface area contributed by atoms with Crippen LogP contribution < -0.4 is 10.6 Å². The van der Waals surface area contributed by atoms with Crippen molar-refractivity contribution in [3.8, 4) is 6.07 Å². The second-order valence-corrected chi connectivity index (χ2v) is 6.04. The lowest BCUT2D eigenvalue weighted by atomic mass is 9.90. The molecule has 0 unspecified atom stereocenters. The molecule has 0 spiro atoms. The third-order valence-corrected chi connectivity index (χ3v) is 3.80. The molecule has 0 bridgehead atoms. The van der Waals surface area contributed by atoms with Crippen LogP contribution in [0.25, 0.3) is 0 Å². The first-order chi connectivity index (χ1) is 11.3. The van der Waals surface area contributed by atoms with Gasteiger partial charge in [-0.05, 0) is 56.7 Å². The second-order valence-electron chi connectivity index (χ2n) is 6.04. The van der Waals surface area contributed by atoms with E-state index in [0.29, 0.717) is 16.9 Å². The summed E-state index contributed by atoms with van der Waals surface area (Å²) in [6.07, 6.45) is 0. The molecule has 5 heteroatoms. The second kappa shape index (κ2) is 6.97. The van der Waals surface area contributed by atoms with Gasteiger partial charge in [0.05, 0.1) is 11.6 Å². The Morgan fingerprint density at radius 3 is 2.12 bits per heavy atom. The number of rotatable bonds is 4. The predicted molar refractivity (Wildman–Crippen MR) is 93.4 cm³/mol. The Morgan fingerprint density at radius 2 is 1.54 bits per heavy atom. The lowest BCUT2D eigenvalue weighted by Gasteiger charge is -2.23. The molecule has 0 aliphatic carbocycles. The van der Waals surface area contributed by atoms with Crippen molar-refractivity contribution < 1.29 is 9.59 Å². The van der Waals surface area contributed by atoms with E-state index in [1.807, 2.05) is 31.2 Å². The SMILES string of the molecule is Cc1ccccc1NC(=O)C(C)(C)C(=O)Nc1ccc(C#N)cc1. The molecule has 5 nitrogen and oxygen atoms in total. The van der Waals surface area contributed by atoms with Crippen molar-refractivity contribution in [3.05, 3.63) is 59.7 Å². The molecule has 0 heterocycles. The van der Waals surface area contributed by atoms with E-state index in [1.165, 1.54) is 0 Å². The van der Waals surface area contributed by atoms with Gasteiger partial charge in [-0.1, -0.05) is 18.2 Å². The van der Waals surface area contributed by atoms with Gasteiger partial charge in [-0.25, -0.2) is 0 Å². The fourth-order valence-electron chi connectivity index (χ4n) is 2.01. The first kappa shape index (κ1) is 17.2. The number of hydrogen-bond donors (Lipinski definition) is 2. The summed E-state index contributed by atoms with van der Waals surface area (Å²) in [6, 6.07) is 15.9. The number of carbonyl (C=O) groups excluding carboxylic acids is 2. The summed E-state index contributed by atoms with van der Waals surface area (Å²) < 4.78 is 0. The molecule has 0 atom stereocenters. The minimum absolute atomic E-state index is 0.386. The van der Waals surface area contributed by atoms with Gasteiger partial charge in [0.1, 0.15) is 5.41 Å². The van der Waals surface area contributed by atoms with Crippen molar-refractivity contribution in [2.45, 2.75) is 20.8 Å². The minimum Gasteiger partial charge on any atom is -0.325 e. The molecular weight excluding hydrogens is 302 g/mol. The Kier molecular flexibility index (Phi) is 5.00. The number of anilines is 2. The molecule has 2 rings (SSSR count). The normalized spacial score (nSPS) is 10.6. The van der Waals surface area contributed by atoms with Crippen LogP contribution in [0.1, 0.15) is 25.0 Å². The molecule has 0 saturated carbocycles. The first-order valence-corrected chi connectivity index (χ1v) is 7.53. The van der Waals surface area contributed by atoms with Gasteiger partial charge in [0, 0.05) is 11.4 Å². The van der Waals surface area contributed by atoms with Gasteiger partial charge in [-0.3, -0.25) is 9.59 Å². The van der Waals surface area contributed by atoms with Gasteiger partial charge < -0.3 is 10.6 Å². The molecule has 0 fully saturated rings. The Labute approximate surface area is 141 Å². The summed E-state index contributed by atoms with van der Waals surface area (Å²) in [6.45, 7) is 5.03. The highest BCUT2D eigenvalue weighted by molar-refractivity contribution is 6.14. The van der Waals surface area contributed by atoms with Crippen LogP contribution in [0.5, 0.6) is 0 Å². The van der Waals surface area contributed by atoms with Crippen LogP contribution in [0.15, 0.2) is 48.5 Å². The molecule has 0 radical (unpaired) electrons. The van der Waals surface area contributed by atoms with Crippen molar-refractivity contribution in [1.29, 1.82) is 5.26 Å². The molecule has 2 amide bonds. The average Bonchev–Trinajstić information content (AvgIpc) is 2.57. The number of nitrogens with zero attached hydrogens (tertiary/aromatic N) is 1. The number of benzene rings is 2. The maximum atomic E-state index is 12.5. The van der Waals surface area contributed by atoms with Crippen LogP contribution in [0, 0.1) is 23.7 Å². The largest absolute Gasteiger partial charge is 0.325 e. The highest BCUT2D eigenvalue weighted by Gasteiger charge is 2.36. The Hall–Kier alpha value is -3.13. The number of amides is 2. The highest BCUT2D eigenvalue weighted by atomic mass is 16.2. The zero-order valence-electron chi connectivity index (χ0n) is 13.9. The van der Waals surface area contributed by atoms with Gasteiger partial charge in [0.25, 0.3) is 0 Å². The summed E-state index contributed by atoms with van der Waals surface area (Å²) >= 11 is 0. The van der Waals surface area contributed by atoms with Crippen molar-refractivity contribution in [3.63, 3.8) is 0 Å². The Bertz CT molecular complexity index is 802. The van der Waals surface area contributed by atoms with E-state index < -0.39 is 11.3 Å². The number of hydrogen-bond acceptors (Lipinski definition) is 3. The molecule has 2 aromatic rings. The summed E-state index contributed by atoms with van der Waals surface area (Å²) in [7, 11) is 0. The summed E-state index contributed by atoms with van der Waals surface area (Å²) in [5.74, 6) is -0.804. The van der Waals surface area contributed by atoms with Gasteiger partial charge in [0.15, 0.2) is 0 Å². The monoisotopic (exact) mass is 321 g/mol. The summed E-state index contributed by atoms with van der Waals surface area (Å²) in [4.78, 5) is 25.0. The van der Waals surface area contributed by atoms with Gasteiger partial charge in [-0.2, -0.15) is 5.26 Å². The lowest BCUT2D eigenvalue weighted by molar-refractivity contribution is -0.135. The minimum atomic E-state index is -1.25. The van der Waals surface area contributed by atoms with E-state index in [1.54, 1.807) is 44.2 Å². The number of nitrogens with one attached hydrogen (secondary N) is 2. The molecule has 0 saturated heterocycles. The molecule has 0 aliphatic rings. The molecule has 0 aromatic heterocycles. The van der Waals surface area contributed by atoms with Crippen LogP contribution in [0.2, 0.25) is 0 Å². The number of nitriles is 1. The van der Waals surface area contributed by atoms with E-state index in [0.717, 1.165) is 5.56 Å². The van der Waals surface area contributed by atoms with E-state index in [-0.39, 0.29) is 5.91 Å². The van der Waals surface area contributed by atoms with Gasteiger partial charge in [-0.15, -0.1) is 0 Å². The Morgan fingerprint density at radius 1 is 0.958 bits per heavy atom. The topological polar surface area (TPSA) is 82.0 Å². The predicted octanol–water partition coefficient (Wildman–Crippen LogP) is 3.47. The standard InChI is InChI=1S/C19H19N3O2/c1-13-6-4-5-7-16(13)22-18(24)19(2,3)17(23)21-15-10-8-14(12-20)9-11-15/h4-11H,1-3H3,(H,21,23)(H,22,24). The summed E-state index contributed by atoms with van der Waals surface area (Å²) in [5, 5.41) is 14.3. The third-order valence-electron chi connectivity index (χ3n) is 3.80. The van der Waals surface area contributed by atoms with Crippen LogP contribution >= 0.6 is 0 Å². The maximum Gasteiger partial charge on any atom is 0.239 e. The van der Waals surface area contributed by atoms with Crippen molar-refractivity contribution in [1.82, 2.24) is 0 Å². The number of carbonyl (C=O) groups is 2. The smallest absolute Gasteiger partial charge is 0.239 e. The first-order valence-electron chi connectivity index (χ1n) is 7.53. The van der Waals surface area contributed by atoms with Gasteiger partial charge >= 0.3 is 0 Å². The molecule has 0 aliphatic heterocycles. The lowest BCUT2D eigenvalue weighted by Crippen LogP contribution is -2.41. The third kappa shape index (κ3) is 3.79. The van der Waals surface area contributed by atoms with E-state index in [2.05, 4.69) is 10.6 Å². The van der Waals surface area contributed by atoms with E-state index in [9.17, 15) is 9.59 Å². The van der Waals surface area contributed by atoms with Crippen LogP contribution in [-0.4, -0.2) is 11.8 Å². The highest BCUT2D eigenvalue weighted by Crippen LogP contribution is 2.23. The van der Waals surface area contributed by atoms with Gasteiger partial charge in [0.2, 0.25) is 11.8 Å². The zero-order chi connectivity index (χ0) is 17.7. The van der Waals surface area contributed by atoms with E-state index >= 15 is 0 Å². The fraction of sp³-hybridized carbons (Fsp3) is 0.211. The maximum absolute atomic E-state index is 12.5. The van der Waals surface area contributed by atoms with Crippen LogP contribution in [0.3, 0.4) is 0 Å². The zero-order valence-corrected chi connectivity index (χ0v) is 13.9. The average molecular weight is 321 g/mol. The number of para-hydroxylation sites is 1. The quantitative estimate of drug-likeness (QED) is 0.846. The molecular formula is C19H19N3O2. The van der Waals surface area contributed by atoms with Crippen LogP contribution in [-0.2, 0) is 9.59 Å². The fourth-order valence-corrected chi connectivity index (χ4v) is 2.01. The number of aryl methyl sites for hydroxylation is 1. The molecule has 2 N–H and O–H groups in total. The molecule has 2 aromatic carbocycles. The Balaban J connectivity index is 2.10. The molecule has 122 valence electrons. The van der Waals surface area contributed by atoms with E-state index in [4.69, 9.17) is 5.26 Å². The summed E-state index contributed by atoms with van der Waals surface area (Å²) in [5.41, 5.74) is 1.40. The molecule has 24 heavy (non-hydrogen) atoms. The van der Waals surface area contributed by atoms with Crippen LogP contribution in [0.4, 0.5) is 11.4 Å². The van der Waals surface area contributed by atoms with Crippen molar-refractivity contribution in [2.24, 2.45) is 5.41 Å². The van der Waals surface area contributed by atoms with Crippen molar-refractivity contribution in [2.75, 3.05) is 10.6 Å².